The Morgan fingerprint density at radius 1 is 1.10 bits per heavy atom. The number of fused-ring (bicyclic) bond motifs is 2. The van der Waals surface area contributed by atoms with Crippen molar-refractivity contribution in [3.63, 3.8) is 0 Å². The first kappa shape index (κ1) is 12.6. The van der Waals surface area contributed by atoms with Gasteiger partial charge in [-0.1, -0.05) is 43.2 Å². The molecule has 3 saturated carbocycles. The predicted octanol–water partition coefficient (Wildman–Crippen LogP) is 4.50. The van der Waals surface area contributed by atoms with Gasteiger partial charge in [0, 0.05) is 6.42 Å². The van der Waals surface area contributed by atoms with E-state index in [9.17, 15) is 4.79 Å². The van der Waals surface area contributed by atoms with Gasteiger partial charge in [-0.25, -0.2) is 0 Å². The molecule has 1 heteroatoms. The number of benzene rings is 1. The Morgan fingerprint density at radius 3 is 2.45 bits per heavy atom. The molecule has 3 fully saturated rings. The van der Waals surface area contributed by atoms with E-state index in [4.69, 9.17) is 0 Å². The molecule has 3 unspecified atom stereocenters. The minimum atomic E-state index is -0.108. The molecule has 0 amide bonds. The molecule has 1 aromatic carbocycles. The van der Waals surface area contributed by atoms with E-state index in [0.29, 0.717) is 11.7 Å². The highest BCUT2D eigenvalue weighted by atomic mass is 16.1. The summed E-state index contributed by atoms with van der Waals surface area (Å²) < 4.78 is 0. The van der Waals surface area contributed by atoms with E-state index in [-0.39, 0.29) is 5.41 Å². The van der Waals surface area contributed by atoms with Crippen LogP contribution in [-0.2, 0) is 10.2 Å². The van der Waals surface area contributed by atoms with Crippen molar-refractivity contribution in [1.29, 1.82) is 0 Å². The van der Waals surface area contributed by atoms with Crippen LogP contribution in [0.5, 0.6) is 0 Å². The maximum Gasteiger partial charge on any atom is 0.143 e. The van der Waals surface area contributed by atoms with Crippen molar-refractivity contribution in [3.8, 4) is 0 Å². The van der Waals surface area contributed by atoms with Crippen molar-refractivity contribution in [1.82, 2.24) is 0 Å². The molecule has 1 aromatic rings. The smallest absolute Gasteiger partial charge is 0.143 e. The van der Waals surface area contributed by atoms with Gasteiger partial charge in [-0.15, -0.1) is 0 Å². The Balaban J connectivity index is 1.52. The lowest BCUT2D eigenvalue weighted by Crippen LogP contribution is -2.43. The molecule has 1 nitrogen and oxygen atoms in total. The standard InChI is InChI=1S/C19H24O/c20-18(13-16-12-14-7-8-15(16)11-14)19(9-4-10-19)17-5-2-1-3-6-17/h1-3,5-6,14-16H,4,7-13H2. The quantitative estimate of drug-likeness (QED) is 0.785. The molecule has 2 bridgehead atoms. The summed E-state index contributed by atoms with van der Waals surface area (Å²) in [5.41, 5.74) is 1.17. The first-order valence-electron chi connectivity index (χ1n) is 8.37. The minimum Gasteiger partial charge on any atom is -0.299 e. The van der Waals surface area contributed by atoms with E-state index in [2.05, 4.69) is 30.3 Å². The molecule has 0 aliphatic heterocycles. The van der Waals surface area contributed by atoms with Gasteiger partial charge in [0.25, 0.3) is 0 Å². The summed E-state index contributed by atoms with van der Waals surface area (Å²) in [4.78, 5) is 13.0. The highest BCUT2D eigenvalue weighted by Crippen LogP contribution is 2.52. The average Bonchev–Trinajstić information content (AvgIpc) is 3.01. The van der Waals surface area contributed by atoms with Gasteiger partial charge in [0.1, 0.15) is 5.78 Å². The summed E-state index contributed by atoms with van der Waals surface area (Å²) >= 11 is 0. The number of ketones is 1. The van der Waals surface area contributed by atoms with E-state index in [1.54, 1.807) is 0 Å². The fourth-order valence-corrected chi connectivity index (χ4v) is 5.08. The first-order valence-corrected chi connectivity index (χ1v) is 8.37. The zero-order valence-electron chi connectivity index (χ0n) is 12.2. The molecule has 0 N–H and O–H groups in total. The SMILES string of the molecule is O=C(CC1CC2CCC1C2)C1(c2ccccc2)CCC1. The Hall–Kier alpha value is -1.11. The van der Waals surface area contributed by atoms with Crippen LogP contribution in [0.25, 0.3) is 0 Å². The van der Waals surface area contributed by atoms with E-state index >= 15 is 0 Å². The fourth-order valence-electron chi connectivity index (χ4n) is 5.08. The molecule has 3 aliphatic rings. The van der Waals surface area contributed by atoms with Gasteiger partial charge >= 0.3 is 0 Å². The molecule has 4 rings (SSSR count). The topological polar surface area (TPSA) is 17.1 Å². The average molecular weight is 268 g/mol. The maximum absolute atomic E-state index is 13.0. The number of Topliss-reactive ketones (excluding diaryl/α,β-unsaturated/α-hetero) is 1. The van der Waals surface area contributed by atoms with Gasteiger partial charge in [-0.3, -0.25) is 4.79 Å². The normalized spacial score (nSPS) is 33.9. The number of carbonyl (C=O) groups is 1. The largest absolute Gasteiger partial charge is 0.299 e. The molecule has 20 heavy (non-hydrogen) atoms. The van der Waals surface area contributed by atoms with Crippen LogP contribution in [0.15, 0.2) is 30.3 Å². The zero-order chi connectivity index (χ0) is 13.6. The van der Waals surface area contributed by atoms with Gasteiger partial charge in [-0.05, 0) is 55.4 Å². The summed E-state index contributed by atoms with van der Waals surface area (Å²) in [6.07, 6.45) is 9.80. The summed E-state index contributed by atoms with van der Waals surface area (Å²) in [5.74, 6) is 3.08. The highest BCUT2D eigenvalue weighted by Gasteiger charge is 2.48. The third kappa shape index (κ3) is 1.86. The second kappa shape index (κ2) is 4.72. The van der Waals surface area contributed by atoms with Crippen molar-refractivity contribution in [2.75, 3.05) is 0 Å². The lowest BCUT2D eigenvalue weighted by molar-refractivity contribution is -0.129. The van der Waals surface area contributed by atoms with E-state index in [1.807, 2.05) is 0 Å². The lowest BCUT2D eigenvalue weighted by Gasteiger charge is -2.42. The minimum absolute atomic E-state index is 0.108. The highest BCUT2D eigenvalue weighted by molar-refractivity contribution is 5.91. The molecule has 0 spiro atoms. The lowest BCUT2D eigenvalue weighted by atomic mass is 9.60. The van der Waals surface area contributed by atoms with Crippen molar-refractivity contribution >= 4 is 5.78 Å². The molecule has 106 valence electrons. The van der Waals surface area contributed by atoms with Crippen molar-refractivity contribution in [2.45, 2.75) is 56.8 Å². The Labute approximate surface area is 121 Å². The second-order valence-corrected chi connectivity index (χ2v) is 7.36. The third-order valence-electron chi connectivity index (χ3n) is 6.40. The summed E-state index contributed by atoms with van der Waals surface area (Å²) in [7, 11) is 0. The van der Waals surface area contributed by atoms with Crippen molar-refractivity contribution in [2.24, 2.45) is 17.8 Å². The summed E-state index contributed by atoms with van der Waals surface area (Å²) in [6.45, 7) is 0. The number of carbonyl (C=O) groups excluding carboxylic acids is 1. The zero-order valence-corrected chi connectivity index (χ0v) is 12.2. The van der Waals surface area contributed by atoms with Crippen LogP contribution in [0.1, 0.15) is 56.9 Å². The molecule has 3 aliphatic carbocycles. The Morgan fingerprint density at radius 2 is 1.90 bits per heavy atom. The number of hydrogen-bond donors (Lipinski definition) is 0. The van der Waals surface area contributed by atoms with E-state index < -0.39 is 0 Å². The van der Waals surface area contributed by atoms with Crippen molar-refractivity contribution in [3.05, 3.63) is 35.9 Å². The monoisotopic (exact) mass is 268 g/mol. The summed E-state index contributed by atoms with van der Waals surface area (Å²) in [5, 5.41) is 0. The molecule has 0 saturated heterocycles. The second-order valence-electron chi connectivity index (χ2n) is 7.36. The van der Waals surface area contributed by atoms with Crippen LogP contribution < -0.4 is 0 Å². The maximum atomic E-state index is 13.0. The summed E-state index contributed by atoms with van der Waals surface area (Å²) in [6, 6.07) is 10.5. The Kier molecular flexibility index (Phi) is 2.98. The van der Waals surface area contributed by atoms with Crippen LogP contribution in [0, 0.1) is 17.8 Å². The first-order chi connectivity index (χ1) is 9.78. The van der Waals surface area contributed by atoms with Crippen molar-refractivity contribution < 1.29 is 4.79 Å². The van der Waals surface area contributed by atoms with Gasteiger partial charge in [-0.2, -0.15) is 0 Å². The van der Waals surface area contributed by atoms with Crippen LogP contribution in [0.4, 0.5) is 0 Å². The van der Waals surface area contributed by atoms with E-state index in [1.165, 1.54) is 37.7 Å². The van der Waals surface area contributed by atoms with Gasteiger partial charge in [0.05, 0.1) is 5.41 Å². The molecular weight excluding hydrogens is 244 g/mol. The van der Waals surface area contributed by atoms with Gasteiger partial charge < -0.3 is 0 Å². The number of hydrogen-bond acceptors (Lipinski definition) is 1. The molecule has 3 atom stereocenters. The van der Waals surface area contributed by atoms with Crippen LogP contribution >= 0.6 is 0 Å². The van der Waals surface area contributed by atoms with Gasteiger partial charge in [0.2, 0.25) is 0 Å². The Bertz CT molecular complexity index is 500. The molecular formula is C19H24O. The number of rotatable bonds is 4. The van der Waals surface area contributed by atoms with Gasteiger partial charge in [0.15, 0.2) is 0 Å². The fraction of sp³-hybridized carbons (Fsp3) is 0.632. The molecule has 0 heterocycles. The van der Waals surface area contributed by atoms with Crippen LogP contribution in [0.3, 0.4) is 0 Å². The molecule has 0 aromatic heterocycles. The van der Waals surface area contributed by atoms with E-state index in [0.717, 1.165) is 31.1 Å². The third-order valence-corrected chi connectivity index (χ3v) is 6.40. The molecule has 0 radical (unpaired) electrons. The van der Waals surface area contributed by atoms with Crippen LogP contribution in [-0.4, -0.2) is 5.78 Å². The predicted molar refractivity (Wildman–Crippen MR) is 80.5 cm³/mol. The van der Waals surface area contributed by atoms with Crippen LogP contribution in [0.2, 0.25) is 0 Å².